The second-order valence-corrected chi connectivity index (χ2v) is 12.5. The van der Waals surface area contributed by atoms with Crippen LogP contribution in [0.3, 0.4) is 0 Å². The average molecular weight is 641 g/mol. The second kappa shape index (κ2) is 13.8. The summed E-state index contributed by atoms with van der Waals surface area (Å²) >= 11 is 1.10. The van der Waals surface area contributed by atoms with E-state index in [1.807, 2.05) is 25.7 Å². The molecule has 0 unspecified atom stereocenters. The van der Waals surface area contributed by atoms with E-state index in [0.29, 0.717) is 49.4 Å². The van der Waals surface area contributed by atoms with Crippen molar-refractivity contribution < 1.29 is 23.1 Å². The van der Waals surface area contributed by atoms with Gasteiger partial charge in [0.25, 0.3) is 10.0 Å². The van der Waals surface area contributed by atoms with Gasteiger partial charge in [-0.1, -0.05) is 6.07 Å². The fourth-order valence-electron chi connectivity index (χ4n) is 4.03. The summed E-state index contributed by atoms with van der Waals surface area (Å²) in [4.78, 5) is 33.0. The number of carboxylic acid groups (broad SMARTS) is 1. The van der Waals surface area contributed by atoms with E-state index < -0.39 is 16.0 Å². The Hall–Kier alpha value is -2.35. The first-order chi connectivity index (χ1) is 16.9. The Morgan fingerprint density at radius 2 is 1.72 bits per heavy atom. The van der Waals surface area contributed by atoms with E-state index in [9.17, 15) is 23.1 Å². The molecule has 3 N–H and O–H groups in total. The highest BCUT2D eigenvalue weighted by atomic mass is 35.5. The molecule has 0 bridgehead atoms. The van der Waals surface area contributed by atoms with Crippen molar-refractivity contribution in [1.82, 2.24) is 15.2 Å². The third kappa shape index (κ3) is 8.82. The monoisotopic (exact) mass is 639 g/mol. The van der Waals surface area contributed by atoms with Gasteiger partial charge in [0.05, 0.1) is 17.6 Å². The number of thiophene rings is 1. The topological polar surface area (TPSA) is 132 Å². The first-order valence-electron chi connectivity index (χ1n) is 11.4. The van der Waals surface area contributed by atoms with Crippen molar-refractivity contribution in [2.24, 2.45) is 0 Å². The number of sulfonamides is 1. The number of halogens is 3. The highest BCUT2D eigenvalue weighted by molar-refractivity contribution is 7.94. The summed E-state index contributed by atoms with van der Waals surface area (Å²) in [6.07, 6.45) is 0. The number of hydrogen-bond acceptors (Lipinski definition) is 8. The molecule has 0 aliphatic carbocycles. The van der Waals surface area contributed by atoms with Crippen molar-refractivity contribution in [2.75, 3.05) is 42.3 Å². The maximum Gasteiger partial charge on any atom is 0.336 e. The zero-order chi connectivity index (χ0) is 26.1. The molecule has 39 heavy (non-hydrogen) atoms. The zero-order valence-electron chi connectivity index (χ0n) is 21.5. The van der Waals surface area contributed by atoms with Crippen molar-refractivity contribution >= 4 is 92.9 Å². The summed E-state index contributed by atoms with van der Waals surface area (Å²) in [6.45, 7) is 8.60. The number of nitrogens with one attached hydrogen (secondary N) is 2. The quantitative estimate of drug-likeness (QED) is 0.352. The van der Waals surface area contributed by atoms with E-state index in [2.05, 4.69) is 19.9 Å². The van der Waals surface area contributed by atoms with Crippen LogP contribution in [-0.4, -0.2) is 73.5 Å². The number of pyridine rings is 1. The third-order valence-corrected chi connectivity index (χ3v) is 8.39. The molecule has 216 valence electrons. The number of aromatic nitrogens is 1. The van der Waals surface area contributed by atoms with Crippen LogP contribution in [0.2, 0.25) is 0 Å². The van der Waals surface area contributed by atoms with Crippen LogP contribution >= 0.6 is 48.6 Å². The number of rotatable bonds is 7. The van der Waals surface area contributed by atoms with Gasteiger partial charge in [0.2, 0.25) is 5.91 Å². The van der Waals surface area contributed by atoms with Crippen LogP contribution in [-0.2, 0) is 14.8 Å². The molecule has 3 heterocycles. The smallest absolute Gasteiger partial charge is 0.336 e. The molecule has 1 amide bonds. The van der Waals surface area contributed by atoms with Gasteiger partial charge in [-0.15, -0.1) is 48.6 Å². The highest BCUT2D eigenvalue weighted by Gasteiger charge is 2.24. The maximum absolute atomic E-state index is 12.6. The Kier molecular flexibility index (Phi) is 12.3. The Bertz CT molecular complexity index is 1390. The predicted molar refractivity (Wildman–Crippen MR) is 162 cm³/mol. The molecule has 3 aromatic rings. The highest BCUT2D eigenvalue weighted by Crippen LogP contribution is 2.28. The molecule has 0 saturated carbocycles. The summed E-state index contributed by atoms with van der Waals surface area (Å²) in [5.74, 6) is -0.622. The minimum absolute atomic E-state index is 0. The number of benzene rings is 1. The first-order valence-corrected chi connectivity index (χ1v) is 13.8. The summed E-state index contributed by atoms with van der Waals surface area (Å²) in [7, 11) is -3.76. The van der Waals surface area contributed by atoms with E-state index in [1.54, 1.807) is 23.6 Å². The van der Waals surface area contributed by atoms with E-state index >= 15 is 0 Å². The largest absolute Gasteiger partial charge is 0.478 e. The van der Waals surface area contributed by atoms with Crippen molar-refractivity contribution in [1.29, 1.82) is 0 Å². The lowest BCUT2D eigenvalue weighted by Gasteiger charge is -2.35. The van der Waals surface area contributed by atoms with Gasteiger partial charge in [0, 0.05) is 42.8 Å². The van der Waals surface area contributed by atoms with Crippen LogP contribution in [0, 0.1) is 0 Å². The third-order valence-electron chi connectivity index (χ3n) is 5.62. The molecule has 2 aromatic heterocycles. The van der Waals surface area contributed by atoms with Crippen molar-refractivity contribution in [3.05, 3.63) is 47.3 Å². The lowest BCUT2D eigenvalue weighted by atomic mass is 10.1. The van der Waals surface area contributed by atoms with Gasteiger partial charge < -0.3 is 15.3 Å². The number of piperazine rings is 1. The minimum Gasteiger partial charge on any atom is -0.478 e. The molecular formula is C24H32Cl3N5O5S2. The Balaban J connectivity index is 0.00000253. The molecule has 1 fully saturated rings. The van der Waals surface area contributed by atoms with Crippen LogP contribution < -0.4 is 14.9 Å². The van der Waals surface area contributed by atoms with Crippen LogP contribution in [0.25, 0.3) is 10.9 Å². The summed E-state index contributed by atoms with van der Waals surface area (Å²) < 4.78 is 27.8. The molecule has 1 aliphatic heterocycles. The lowest BCUT2D eigenvalue weighted by Crippen LogP contribution is -2.52. The number of hydrogen-bond donors (Lipinski definition) is 3. The number of amides is 1. The van der Waals surface area contributed by atoms with Crippen LogP contribution in [0.5, 0.6) is 0 Å². The molecule has 15 heteroatoms. The van der Waals surface area contributed by atoms with Gasteiger partial charge in [0.15, 0.2) is 0 Å². The first kappa shape index (κ1) is 34.7. The van der Waals surface area contributed by atoms with Crippen molar-refractivity contribution in [3.8, 4) is 0 Å². The predicted octanol–water partition coefficient (Wildman–Crippen LogP) is 4.10. The summed E-state index contributed by atoms with van der Waals surface area (Å²) in [5, 5.41) is 14.9. The van der Waals surface area contributed by atoms with Gasteiger partial charge in [-0.05, 0) is 56.5 Å². The van der Waals surface area contributed by atoms with E-state index in [1.165, 1.54) is 18.2 Å². The fraction of sp³-hybridized carbons (Fsp3) is 0.375. The normalized spacial score (nSPS) is 14.0. The SMILES string of the molecule is CC(C)(C)NC(=O)CN1CCN(c2cc(C(=O)O)c3cc(NS(=O)(=O)c4cccs4)ccc3n2)CC1.Cl.Cl.Cl. The molecule has 4 rings (SSSR count). The molecule has 10 nitrogen and oxygen atoms in total. The number of carbonyl (C=O) groups excluding carboxylic acids is 1. The maximum atomic E-state index is 12.6. The van der Waals surface area contributed by atoms with Gasteiger partial charge in [-0.2, -0.15) is 0 Å². The zero-order valence-corrected chi connectivity index (χ0v) is 25.6. The van der Waals surface area contributed by atoms with Crippen LogP contribution in [0.1, 0.15) is 31.1 Å². The van der Waals surface area contributed by atoms with Crippen LogP contribution in [0.15, 0.2) is 46.0 Å². The van der Waals surface area contributed by atoms with E-state index in [4.69, 9.17) is 0 Å². The number of carboxylic acids is 1. The molecule has 0 radical (unpaired) electrons. The molecule has 1 aromatic carbocycles. The fourth-order valence-corrected chi connectivity index (χ4v) is 6.07. The molecular weight excluding hydrogens is 609 g/mol. The summed E-state index contributed by atoms with van der Waals surface area (Å²) in [5.41, 5.74) is 0.468. The molecule has 1 aliphatic rings. The Labute approximate surface area is 250 Å². The van der Waals surface area contributed by atoms with Gasteiger partial charge in [-0.3, -0.25) is 14.4 Å². The average Bonchev–Trinajstić information content (AvgIpc) is 3.33. The van der Waals surface area contributed by atoms with Crippen LogP contribution in [0.4, 0.5) is 11.5 Å². The van der Waals surface area contributed by atoms with Gasteiger partial charge >= 0.3 is 5.97 Å². The second-order valence-electron chi connectivity index (χ2n) is 9.66. The number of fused-ring (bicyclic) bond motifs is 1. The van der Waals surface area contributed by atoms with Crippen molar-refractivity contribution in [3.63, 3.8) is 0 Å². The number of anilines is 2. The molecule has 1 saturated heterocycles. The molecule has 0 spiro atoms. The van der Waals surface area contributed by atoms with Gasteiger partial charge in [-0.25, -0.2) is 18.2 Å². The van der Waals surface area contributed by atoms with Crippen molar-refractivity contribution in [2.45, 2.75) is 30.5 Å². The number of aromatic carboxylic acids is 1. The van der Waals surface area contributed by atoms with E-state index in [0.717, 1.165) is 11.3 Å². The number of nitrogens with zero attached hydrogens (tertiary/aromatic N) is 3. The Morgan fingerprint density at radius 1 is 1.05 bits per heavy atom. The van der Waals surface area contributed by atoms with E-state index in [-0.39, 0.29) is 64.1 Å². The standard InChI is InChI=1S/C24H29N5O5S2.3ClH/c1-24(2,3)26-21(30)15-28-8-10-29(11-9-28)20-14-18(23(31)32)17-13-16(6-7-19(17)25-20)27-36(33,34)22-5-4-12-35-22;;;/h4-7,12-14,27H,8-11,15H2,1-3H3,(H,26,30)(H,31,32);3*1H. The lowest BCUT2D eigenvalue weighted by molar-refractivity contribution is -0.123. The number of carbonyl (C=O) groups is 2. The minimum atomic E-state index is -3.76. The summed E-state index contributed by atoms with van der Waals surface area (Å²) in [6, 6.07) is 9.35. The molecule has 0 atom stereocenters. The Morgan fingerprint density at radius 3 is 2.28 bits per heavy atom. The van der Waals surface area contributed by atoms with Gasteiger partial charge in [0.1, 0.15) is 10.0 Å².